The summed E-state index contributed by atoms with van der Waals surface area (Å²) in [5.74, 6) is 2.17. The molecule has 0 aliphatic heterocycles. The van der Waals surface area contributed by atoms with Crippen LogP contribution in [-0.4, -0.2) is 13.1 Å². The molecule has 11 heavy (non-hydrogen) atoms. The molecule has 0 bridgehead atoms. The SMILES string of the molecule is C(CNCC1CC1)CC1CC1. The monoisotopic (exact) mass is 153 g/mol. The number of hydrogen-bond donors (Lipinski definition) is 1. The van der Waals surface area contributed by atoms with Crippen molar-refractivity contribution in [3.63, 3.8) is 0 Å². The third-order valence-corrected chi connectivity index (χ3v) is 2.79. The lowest BCUT2D eigenvalue weighted by molar-refractivity contribution is 0.575. The predicted octanol–water partition coefficient (Wildman–Crippen LogP) is 2.18. The van der Waals surface area contributed by atoms with E-state index in [1.165, 1.54) is 51.6 Å². The lowest BCUT2D eigenvalue weighted by Gasteiger charge is -2.01. The van der Waals surface area contributed by atoms with Crippen molar-refractivity contribution in [3.05, 3.63) is 0 Å². The normalized spacial score (nSPS) is 24.0. The molecule has 1 nitrogen and oxygen atoms in total. The number of nitrogens with one attached hydrogen (secondary N) is 1. The number of hydrogen-bond acceptors (Lipinski definition) is 1. The Labute approximate surface area is 69.6 Å². The van der Waals surface area contributed by atoms with Gasteiger partial charge in [0.15, 0.2) is 0 Å². The largest absolute Gasteiger partial charge is 0.316 e. The van der Waals surface area contributed by atoms with E-state index >= 15 is 0 Å². The first kappa shape index (κ1) is 7.60. The molecule has 0 spiro atoms. The molecular formula is C10H19N. The van der Waals surface area contributed by atoms with Crippen LogP contribution in [0.3, 0.4) is 0 Å². The van der Waals surface area contributed by atoms with E-state index < -0.39 is 0 Å². The van der Waals surface area contributed by atoms with Crippen LogP contribution in [0.15, 0.2) is 0 Å². The molecule has 2 aliphatic rings. The summed E-state index contributed by atoms with van der Waals surface area (Å²) in [7, 11) is 0. The van der Waals surface area contributed by atoms with Crippen molar-refractivity contribution in [1.29, 1.82) is 0 Å². The third-order valence-electron chi connectivity index (χ3n) is 2.79. The zero-order chi connectivity index (χ0) is 7.52. The zero-order valence-corrected chi connectivity index (χ0v) is 7.31. The van der Waals surface area contributed by atoms with Crippen molar-refractivity contribution in [2.24, 2.45) is 11.8 Å². The van der Waals surface area contributed by atoms with Gasteiger partial charge in [0.2, 0.25) is 0 Å². The molecule has 0 saturated heterocycles. The highest BCUT2D eigenvalue weighted by molar-refractivity contribution is 4.76. The summed E-state index contributed by atoms with van der Waals surface area (Å²) in [4.78, 5) is 0. The van der Waals surface area contributed by atoms with E-state index in [0.717, 1.165) is 11.8 Å². The van der Waals surface area contributed by atoms with Crippen molar-refractivity contribution in [3.8, 4) is 0 Å². The van der Waals surface area contributed by atoms with E-state index in [0.29, 0.717) is 0 Å². The average Bonchev–Trinajstić information content (AvgIpc) is 2.83. The van der Waals surface area contributed by atoms with Gasteiger partial charge < -0.3 is 5.32 Å². The summed E-state index contributed by atoms with van der Waals surface area (Å²) < 4.78 is 0. The first-order chi connectivity index (χ1) is 5.45. The second-order valence-electron chi connectivity index (χ2n) is 4.23. The summed E-state index contributed by atoms with van der Waals surface area (Å²) in [6.45, 7) is 2.57. The van der Waals surface area contributed by atoms with Gasteiger partial charge in [0.1, 0.15) is 0 Å². The van der Waals surface area contributed by atoms with Gasteiger partial charge in [-0.3, -0.25) is 0 Å². The first-order valence-corrected chi connectivity index (χ1v) is 5.16. The fourth-order valence-corrected chi connectivity index (χ4v) is 1.55. The fourth-order valence-electron chi connectivity index (χ4n) is 1.55. The Morgan fingerprint density at radius 3 is 2.36 bits per heavy atom. The van der Waals surface area contributed by atoms with Crippen molar-refractivity contribution >= 4 is 0 Å². The smallest absolute Gasteiger partial charge is 0.00205 e. The summed E-state index contributed by atoms with van der Waals surface area (Å²) in [5, 5.41) is 3.53. The summed E-state index contributed by atoms with van der Waals surface area (Å²) in [6.07, 6.45) is 8.89. The molecule has 2 rings (SSSR count). The Morgan fingerprint density at radius 1 is 1.00 bits per heavy atom. The summed E-state index contributed by atoms with van der Waals surface area (Å²) >= 11 is 0. The fraction of sp³-hybridized carbons (Fsp3) is 1.00. The molecule has 64 valence electrons. The quantitative estimate of drug-likeness (QED) is 0.577. The molecule has 2 fully saturated rings. The maximum absolute atomic E-state index is 3.53. The molecule has 0 heterocycles. The second-order valence-corrected chi connectivity index (χ2v) is 4.23. The van der Waals surface area contributed by atoms with Crippen LogP contribution in [0.5, 0.6) is 0 Å². The lowest BCUT2D eigenvalue weighted by atomic mass is 10.2. The van der Waals surface area contributed by atoms with Gasteiger partial charge in [0, 0.05) is 0 Å². The lowest BCUT2D eigenvalue weighted by Crippen LogP contribution is -2.17. The molecule has 0 atom stereocenters. The molecule has 1 heteroatoms. The van der Waals surface area contributed by atoms with Gasteiger partial charge in [0.25, 0.3) is 0 Å². The van der Waals surface area contributed by atoms with Gasteiger partial charge in [-0.1, -0.05) is 12.8 Å². The molecule has 2 saturated carbocycles. The van der Waals surface area contributed by atoms with Crippen LogP contribution in [0.4, 0.5) is 0 Å². The van der Waals surface area contributed by atoms with Crippen molar-refractivity contribution in [2.75, 3.05) is 13.1 Å². The Bertz CT molecular complexity index is 100. The van der Waals surface area contributed by atoms with Gasteiger partial charge in [-0.05, 0) is 50.6 Å². The van der Waals surface area contributed by atoms with E-state index in [4.69, 9.17) is 0 Å². The van der Waals surface area contributed by atoms with Crippen LogP contribution < -0.4 is 5.32 Å². The zero-order valence-electron chi connectivity index (χ0n) is 7.31. The minimum Gasteiger partial charge on any atom is -0.316 e. The van der Waals surface area contributed by atoms with Crippen LogP contribution >= 0.6 is 0 Å². The third kappa shape index (κ3) is 3.24. The molecule has 2 aliphatic carbocycles. The van der Waals surface area contributed by atoms with Crippen molar-refractivity contribution < 1.29 is 0 Å². The van der Waals surface area contributed by atoms with Crippen LogP contribution in [0.1, 0.15) is 38.5 Å². The Kier molecular flexibility index (Phi) is 2.47. The van der Waals surface area contributed by atoms with E-state index in [1.54, 1.807) is 0 Å². The first-order valence-electron chi connectivity index (χ1n) is 5.16. The standard InChI is InChI=1S/C10H19N/c1(2-9-3-4-9)7-11-8-10-5-6-10/h9-11H,1-8H2. The van der Waals surface area contributed by atoms with Crippen LogP contribution in [0.2, 0.25) is 0 Å². The molecule has 0 radical (unpaired) electrons. The summed E-state index contributed by atoms with van der Waals surface area (Å²) in [6, 6.07) is 0. The van der Waals surface area contributed by atoms with Crippen molar-refractivity contribution in [1.82, 2.24) is 5.32 Å². The topological polar surface area (TPSA) is 12.0 Å². The Balaban J connectivity index is 1.35. The molecule has 0 aromatic rings. The molecule has 0 amide bonds. The maximum atomic E-state index is 3.53. The van der Waals surface area contributed by atoms with E-state index in [2.05, 4.69) is 5.32 Å². The molecule has 0 aromatic heterocycles. The molecular weight excluding hydrogens is 134 g/mol. The highest BCUT2D eigenvalue weighted by atomic mass is 14.9. The van der Waals surface area contributed by atoms with Gasteiger partial charge in [-0.2, -0.15) is 0 Å². The van der Waals surface area contributed by atoms with Gasteiger partial charge in [-0.15, -0.1) is 0 Å². The van der Waals surface area contributed by atoms with Gasteiger partial charge in [0.05, 0.1) is 0 Å². The Morgan fingerprint density at radius 2 is 1.73 bits per heavy atom. The number of rotatable bonds is 6. The molecule has 1 N–H and O–H groups in total. The van der Waals surface area contributed by atoms with Gasteiger partial charge in [-0.25, -0.2) is 0 Å². The van der Waals surface area contributed by atoms with E-state index in [-0.39, 0.29) is 0 Å². The average molecular weight is 153 g/mol. The second kappa shape index (κ2) is 3.57. The maximum Gasteiger partial charge on any atom is -0.00205 e. The highest BCUT2D eigenvalue weighted by Gasteiger charge is 2.21. The van der Waals surface area contributed by atoms with Crippen LogP contribution in [0.25, 0.3) is 0 Å². The van der Waals surface area contributed by atoms with Crippen LogP contribution in [0, 0.1) is 11.8 Å². The highest BCUT2D eigenvalue weighted by Crippen LogP contribution is 2.33. The predicted molar refractivity (Wildman–Crippen MR) is 47.6 cm³/mol. The van der Waals surface area contributed by atoms with E-state index in [9.17, 15) is 0 Å². The minimum atomic E-state index is 1.05. The Hall–Kier alpha value is -0.0400. The van der Waals surface area contributed by atoms with Gasteiger partial charge >= 0.3 is 0 Å². The van der Waals surface area contributed by atoms with Crippen LogP contribution in [-0.2, 0) is 0 Å². The summed E-state index contributed by atoms with van der Waals surface area (Å²) in [5.41, 5.74) is 0. The molecule has 0 unspecified atom stereocenters. The van der Waals surface area contributed by atoms with E-state index in [1.807, 2.05) is 0 Å². The molecule has 0 aromatic carbocycles. The van der Waals surface area contributed by atoms with Crippen molar-refractivity contribution in [2.45, 2.75) is 38.5 Å². The minimum absolute atomic E-state index is 1.05.